The molecule has 0 amide bonds. The lowest BCUT2D eigenvalue weighted by molar-refractivity contribution is -0.161. The first-order chi connectivity index (χ1) is 20.1. The van der Waals surface area contributed by atoms with Crippen LogP contribution in [0, 0.1) is 5.41 Å². The number of aliphatic carboxylic acids is 1. The Morgan fingerprint density at radius 3 is 2.12 bits per heavy atom. The molecule has 0 saturated carbocycles. The van der Waals surface area contributed by atoms with E-state index in [1.807, 2.05) is 50.2 Å². The van der Waals surface area contributed by atoms with Gasteiger partial charge in [-0.05, 0) is 49.1 Å². The molecule has 0 aromatic heterocycles. The first kappa shape index (κ1) is 32.8. The average molecular weight is 582 g/mol. The highest BCUT2D eigenvalue weighted by atomic mass is 16.6. The summed E-state index contributed by atoms with van der Waals surface area (Å²) in [6.07, 6.45) is 1.39. The van der Waals surface area contributed by atoms with Crippen molar-refractivity contribution >= 4 is 23.9 Å². The summed E-state index contributed by atoms with van der Waals surface area (Å²) in [4.78, 5) is 48.3. The van der Waals surface area contributed by atoms with Gasteiger partial charge in [-0.1, -0.05) is 74.5 Å². The van der Waals surface area contributed by atoms with Gasteiger partial charge in [0.15, 0.2) is 0 Å². The second-order valence-electron chi connectivity index (χ2n) is 11.3. The van der Waals surface area contributed by atoms with Crippen molar-refractivity contribution in [2.75, 3.05) is 19.8 Å². The second-order valence-corrected chi connectivity index (χ2v) is 11.3. The van der Waals surface area contributed by atoms with Crippen LogP contribution in [0.25, 0.3) is 0 Å². The Balaban J connectivity index is 1.45. The Hall–Kier alpha value is -3.72. The van der Waals surface area contributed by atoms with E-state index >= 15 is 0 Å². The van der Waals surface area contributed by atoms with Crippen LogP contribution in [-0.4, -0.2) is 60.9 Å². The van der Waals surface area contributed by atoms with Crippen molar-refractivity contribution in [3.8, 4) is 0 Å². The minimum Gasteiger partial charge on any atom is -0.480 e. The molecule has 1 fully saturated rings. The molecular formula is C33H43NO8. The number of hydrogen-bond acceptors (Lipinski definition) is 8. The van der Waals surface area contributed by atoms with Gasteiger partial charge in [-0.15, -0.1) is 0 Å². The molecule has 1 heterocycles. The molecule has 9 nitrogen and oxygen atoms in total. The van der Waals surface area contributed by atoms with E-state index in [1.165, 1.54) is 11.1 Å². The number of nitrogens with one attached hydrogen (secondary N) is 1. The lowest BCUT2D eigenvalue weighted by Crippen LogP contribution is -2.32. The maximum atomic E-state index is 13.2. The molecule has 9 heteroatoms. The number of carbonyl (C=O) groups is 4. The van der Waals surface area contributed by atoms with Crippen LogP contribution in [0.1, 0.15) is 82.3 Å². The Labute approximate surface area is 247 Å². The molecule has 2 aromatic rings. The van der Waals surface area contributed by atoms with Crippen molar-refractivity contribution in [3.63, 3.8) is 0 Å². The maximum absolute atomic E-state index is 13.2. The molecule has 2 N–H and O–H groups in total. The van der Waals surface area contributed by atoms with E-state index in [0.717, 1.165) is 6.42 Å². The van der Waals surface area contributed by atoms with Gasteiger partial charge in [-0.2, -0.15) is 0 Å². The Morgan fingerprint density at radius 1 is 0.929 bits per heavy atom. The van der Waals surface area contributed by atoms with Gasteiger partial charge in [0.05, 0.1) is 18.3 Å². The van der Waals surface area contributed by atoms with E-state index in [-0.39, 0.29) is 50.9 Å². The number of ether oxygens (including phenoxy) is 3. The lowest BCUT2D eigenvalue weighted by Gasteiger charge is -2.32. The zero-order valence-corrected chi connectivity index (χ0v) is 24.8. The summed E-state index contributed by atoms with van der Waals surface area (Å²) in [5.74, 6) is -2.07. The van der Waals surface area contributed by atoms with Gasteiger partial charge in [0, 0.05) is 13.0 Å². The van der Waals surface area contributed by atoms with Crippen molar-refractivity contribution in [2.45, 2.75) is 83.3 Å². The maximum Gasteiger partial charge on any atom is 0.320 e. The summed E-state index contributed by atoms with van der Waals surface area (Å²) in [5.41, 5.74) is 1.72. The number of hydrogen-bond donors (Lipinski definition) is 2. The van der Waals surface area contributed by atoms with Crippen molar-refractivity contribution < 1.29 is 38.5 Å². The third-order valence-electron chi connectivity index (χ3n) is 8.05. The van der Waals surface area contributed by atoms with Crippen molar-refractivity contribution in [1.29, 1.82) is 0 Å². The summed E-state index contributed by atoms with van der Waals surface area (Å²) in [6, 6.07) is 19.9. The third kappa shape index (κ3) is 9.98. The molecule has 0 aliphatic carbocycles. The molecule has 0 spiro atoms. The van der Waals surface area contributed by atoms with Crippen LogP contribution >= 0.6 is 0 Å². The summed E-state index contributed by atoms with van der Waals surface area (Å²) in [7, 11) is 0. The predicted molar refractivity (Wildman–Crippen MR) is 157 cm³/mol. The number of carboxylic acid groups (broad SMARTS) is 1. The van der Waals surface area contributed by atoms with Gasteiger partial charge in [0.2, 0.25) is 0 Å². The monoisotopic (exact) mass is 581 g/mol. The lowest BCUT2D eigenvalue weighted by atomic mass is 9.73. The van der Waals surface area contributed by atoms with Crippen LogP contribution in [0.15, 0.2) is 60.7 Å². The molecule has 0 bridgehead atoms. The van der Waals surface area contributed by atoms with Gasteiger partial charge in [-0.3, -0.25) is 19.2 Å². The fraction of sp³-hybridized carbons (Fsp3) is 0.515. The zero-order valence-electron chi connectivity index (χ0n) is 24.8. The summed E-state index contributed by atoms with van der Waals surface area (Å²) in [6.45, 7) is 6.18. The number of carbonyl (C=O) groups excluding carboxylic acids is 3. The first-order valence-electron chi connectivity index (χ1n) is 14.7. The molecule has 5 atom stereocenters. The van der Waals surface area contributed by atoms with Gasteiger partial charge in [0.1, 0.15) is 25.4 Å². The van der Waals surface area contributed by atoms with Gasteiger partial charge >= 0.3 is 23.9 Å². The number of carboxylic acids is 1. The largest absolute Gasteiger partial charge is 0.480 e. The quantitative estimate of drug-likeness (QED) is 0.160. The topological polar surface area (TPSA) is 128 Å². The standard InChI is InChI=1S/C33H43NO8/c1-4-33(3,21-26(25-13-9-6-10-14-25)19-23(2)24-11-7-5-8-12-24)32(39)41-18-17-40-29(35)15-16-30(36)42-27-20-28(31(37)38)34-22-27/h5-14,23,26-28,34H,4,15-22H2,1-3H3,(H,37,38)/t23?,26?,27-,28+,33?/m1/s1. The SMILES string of the molecule is CCC(C)(CC(CC(C)c1ccccc1)c1ccccc1)C(=O)OCCOC(=O)CCC(=O)O[C@H]1CN[C@H](C(=O)O)C1. The Kier molecular flexibility index (Phi) is 12.5. The highest BCUT2D eigenvalue weighted by Crippen LogP contribution is 2.40. The van der Waals surface area contributed by atoms with Gasteiger partial charge in [0.25, 0.3) is 0 Å². The zero-order chi connectivity index (χ0) is 30.5. The minimum absolute atomic E-state index is 0.0780. The van der Waals surface area contributed by atoms with E-state index in [1.54, 1.807) is 0 Å². The molecule has 0 radical (unpaired) electrons. The first-order valence-corrected chi connectivity index (χ1v) is 14.7. The van der Waals surface area contributed by atoms with Crippen molar-refractivity contribution in [2.24, 2.45) is 5.41 Å². The normalized spacial score (nSPS) is 19.2. The molecule has 228 valence electrons. The predicted octanol–water partition coefficient (Wildman–Crippen LogP) is 5.00. The van der Waals surface area contributed by atoms with Crippen LogP contribution in [0.2, 0.25) is 0 Å². The molecule has 1 saturated heterocycles. The van der Waals surface area contributed by atoms with Crippen LogP contribution in [0.5, 0.6) is 0 Å². The molecular weight excluding hydrogens is 538 g/mol. The fourth-order valence-corrected chi connectivity index (χ4v) is 5.29. The summed E-state index contributed by atoms with van der Waals surface area (Å²) in [5, 5.41) is 11.8. The fourth-order valence-electron chi connectivity index (χ4n) is 5.29. The molecule has 42 heavy (non-hydrogen) atoms. The summed E-state index contributed by atoms with van der Waals surface area (Å²) >= 11 is 0. The van der Waals surface area contributed by atoms with Crippen LogP contribution in [0.3, 0.4) is 0 Å². The van der Waals surface area contributed by atoms with Crippen LogP contribution < -0.4 is 5.32 Å². The number of benzene rings is 2. The van der Waals surface area contributed by atoms with E-state index < -0.39 is 35.5 Å². The summed E-state index contributed by atoms with van der Waals surface area (Å²) < 4.78 is 15.9. The highest BCUT2D eigenvalue weighted by Gasteiger charge is 2.37. The van der Waals surface area contributed by atoms with Gasteiger partial charge < -0.3 is 24.6 Å². The van der Waals surface area contributed by atoms with Crippen molar-refractivity contribution in [3.05, 3.63) is 71.8 Å². The van der Waals surface area contributed by atoms with Crippen molar-refractivity contribution in [1.82, 2.24) is 5.32 Å². The molecule has 3 unspecified atom stereocenters. The van der Waals surface area contributed by atoms with Crippen LogP contribution in [-0.2, 0) is 33.4 Å². The average Bonchev–Trinajstić information content (AvgIpc) is 3.47. The Morgan fingerprint density at radius 2 is 1.52 bits per heavy atom. The number of esters is 3. The third-order valence-corrected chi connectivity index (χ3v) is 8.05. The van der Waals surface area contributed by atoms with Gasteiger partial charge in [-0.25, -0.2) is 0 Å². The minimum atomic E-state index is -0.995. The van der Waals surface area contributed by atoms with E-state index in [4.69, 9.17) is 19.3 Å². The molecule has 2 aromatic carbocycles. The highest BCUT2D eigenvalue weighted by molar-refractivity contribution is 5.78. The van der Waals surface area contributed by atoms with E-state index in [9.17, 15) is 19.2 Å². The Bertz CT molecular complexity index is 1170. The molecule has 1 aliphatic rings. The molecule has 1 aliphatic heterocycles. The second kappa shape index (κ2) is 16.1. The van der Waals surface area contributed by atoms with E-state index in [2.05, 4.69) is 36.5 Å². The van der Waals surface area contributed by atoms with Crippen LogP contribution in [0.4, 0.5) is 0 Å². The van der Waals surface area contributed by atoms with E-state index in [0.29, 0.717) is 18.8 Å². The number of rotatable bonds is 16. The molecule has 3 rings (SSSR count). The smallest absolute Gasteiger partial charge is 0.320 e.